The van der Waals surface area contributed by atoms with Gasteiger partial charge in [-0.3, -0.25) is 18.9 Å². The van der Waals surface area contributed by atoms with E-state index in [1.54, 1.807) is 0 Å². The van der Waals surface area contributed by atoms with Gasteiger partial charge in [0.25, 0.3) is 5.56 Å². The number of hydrogen-bond acceptors (Lipinski definition) is 7. The lowest BCUT2D eigenvalue weighted by Crippen LogP contribution is -2.31. The van der Waals surface area contributed by atoms with Crippen LogP contribution < -0.4 is 11.3 Å². The van der Waals surface area contributed by atoms with Gasteiger partial charge < -0.3 is 4.42 Å². The van der Waals surface area contributed by atoms with Gasteiger partial charge in [-0.05, 0) is 41.2 Å². The zero-order valence-electron chi connectivity index (χ0n) is 24.5. The molecule has 0 fully saturated rings. The summed E-state index contributed by atoms with van der Waals surface area (Å²) in [5, 5.41) is 3.86. The zero-order chi connectivity index (χ0) is 29.9. The van der Waals surface area contributed by atoms with Crippen LogP contribution in [0, 0.1) is 0 Å². The summed E-state index contributed by atoms with van der Waals surface area (Å²) in [6, 6.07) is 23.4. The number of nitrogens with one attached hydrogen (secondary N) is 1. The second-order valence-electron chi connectivity index (χ2n) is 11.0. The van der Waals surface area contributed by atoms with E-state index in [1.165, 1.54) is 0 Å². The number of unbranched alkanes of at least 4 members (excludes halogenated alkanes) is 1. The van der Waals surface area contributed by atoms with E-state index in [2.05, 4.69) is 35.9 Å². The molecule has 0 spiro atoms. The first-order valence-corrected chi connectivity index (χ1v) is 14.6. The molecule has 3 heterocycles. The maximum absolute atomic E-state index is 14.2. The Morgan fingerprint density at radius 1 is 0.907 bits per heavy atom. The number of oxazole rings is 1. The Labute approximate surface area is 248 Å². The fourth-order valence-corrected chi connectivity index (χ4v) is 5.40. The summed E-state index contributed by atoms with van der Waals surface area (Å²) in [4.78, 5) is 38.1. The lowest BCUT2D eigenvalue weighted by Gasteiger charge is -2.19. The molecule has 0 amide bonds. The van der Waals surface area contributed by atoms with Crippen LogP contribution in [0.5, 0.6) is 0 Å². The second-order valence-corrected chi connectivity index (χ2v) is 11.0. The lowest BCUT2D eigenvalue weighted by molar-refractivity contribution is 0.388. The highest BCUT2D eigenvalue weighted by Gasteiger charge is 2.21. The standard InChI is InChI=1S/C34H33N5O4/c1-4-5-14-29-36-31(21(2)3)26(19-30-35-27-12-8-9-13-28(27)42-30)33(40)39(29)20-22-15-17-23(18-16-22)24-10-6-7-11-25(24)32-37-34(41)43-38-32/h6-13,15-18,21H,4-5,14,19-20H2,1-3H3,(H,37,38,41). The second kappa shape index (κ2) is 12.1. The number of aromatic amines is 1. The molecule has 0 radical (unpaired) electrons. The van der Waals surface area contributed by atoms with Crippen molar-refractivity contribution < 1.29 is 8.94 Å². The van der Waals surface area contributed by atoms with Crippen molar-refractivity contribution in [3.63, 3.8) is 0 Å². The van der Waals surface area contributed by atoms with Gasteiger partial charge in [0.1, 0.15) is 11.3 Å². The number of benzene rings is 3. The topological polar surface area (TPSA) is 120 Å². The van der Waals surface area contributed by atoms with Crippen LogP contribution in [0.4, 0.5) is 0 Å². The summed E-state index contributed by atoms with van der Waals surface area (Å²) in [6.07, 6.45) is 2.94. The number of H-pyrrole nitrogens is 1. The van der Waals surface area contributed by atoms with E-state index in [4.69, 9.17) is 13.9 Å². The third-order valence-electron chi connectivity index (χ3n) is 7.57. The quantitative estimate of drug-likeness (QED) is 0.198. The molecule has 0 unspecified atom stereocenters. The van der Waals surface area contributed by atoms with E-state index in [9.17, 15) is 9.59 Å². The minimum Gasteiger partial charge on any atom is -0.440 e. The lowest BCUT2D eigenvalue weighted by atomic mass is 9.98. The monoisotopic (exact) mass is 575 g/mol. The molecule has 0 aliphatic carbocycles. The van der Waals surface area contributed by atoms with Gasteiger partial charge in [-0.2, -0.15) is 0 Å². The highest BCUT2D eigenvalue weighted by atomic mass is 16.5. The van der Waals surface area contributed by atoms with Gasteiger partial charge in [0.05, 0.1) is 18.7 Å². The predicted octanol–water partition coefficient (Wildman–Crippen LogP) is 6.50. The largest absolute Gasteiger partial charge is 0.440 e. The Morgan fingerprint density at radius 2 is 1.65 bits per heavy atom. The summed E-state index contributed by atoms with van der Waals surface area (Å²) in [5.74, 6) is 1.14. The molecule has 9 heteroatoms. The summed E-state index contributed by atoms with van der Waals surface area (Å²) in [5.41, 5.74) is 6.42. The van der Waals surface area contributed by atoms with Crippen molar-refractivity contribution in [1.29, 1.82) is 0 Å². The van der Waals surface area contributed by atoms with Gasteiger partial charge >= 0.3 is 5.76 Å². The van der Waals surface area contributed by atoms with Crippen LogP contribution in [0.3, 0.4) is 0 Å². The van der Waals surface area contributed by atoms with Crippen LogP contribution in [0.2, 0.25) is 0 Å². The van der Waals surface area contributed by atoms with Crippen LogP contribution in [0.15, 0.2) is 91.3 Å². The minimum atomic E-state index is -0.600. The van der Waals surface area contributed by atoms with Gasteiger partial charge in [0.15, 0.2) is 17.3 Å². The van der Waals surface area contributed by atoms with Gasteiger partial charge in [-0.25, -0.2) is 14.8 Å². The van der Waals surface area contributed by atoms with Gasteiger partial charge in [0.2, 0.25) is 0 Å². The third kappa shape index (κ3) is 5.83. The van der Waals surface area contributed by atoms with E-state index in [-0.39, 0.29) is 17.9 Å². The van der Waals surface area contributed by atoms with Gasteiger partial charge in [-0.1, -0.05) is 93.0 Å². The molecular weight excluding hydrogens is 542 g/mol. The molecular formula is C34H33N5O4. The molecule has 0 saturated carbocycles. The normalized spacial score (nSPS) is 11.5. The number of para-hydroxylation sites is 2. The van der Waals surface area contributed by atoms with Crippen molar-refractivity contribution >= 4 is 11.1 Å². The van der Waals surface area contributed by atoms with Crippen molar-refractivity contribution in [3.8, 4) is 22.5 Å². The molecule has 0 atom stereocenters. The molecule has 0 aliphatic heterocycles. The summed E-state index contributed by atoms with van der Waals surface area (Å²) in [6.45, 7) is 6.66. The first-order valence-electron chi connectivity index (χ1n) is 14.6. The van der Waals surface area contributed by atoms with E-state index in [1.807, 2.05) is 77.4 Å². The van der Waals surface area contributed by atoms with Crippen LogP contribution in [-0.4, -0.2) is 24.7 Å². The van der Waals surface area contributed by atoms with Crippen molar-refractivity contribution in [2.45, 2.75) is 58.9 Å². The maximum atomic E-state index is 14.2. The van der Waals surface area contributed by atoms with E-state index < -0.39 is 5.76 Å². The Balaban J connectivity index is 1.37. The Kier molecular flexibility index (Phi) is 7.87. The zero-order valence-corrected chi connectivity index (χ0v) is 24.5. The number of aryl methyl sites for hydroxylation is 1. The minimum absolute atomic E-state index is 0.0588. The average Bonchev–Trinajstić information content (AvgIpc) is 3.64. The van der Waals surface area contributed by atoms with Gasteiger partial charge in [0, 0.05) is 17.5 Å². The van der Waals surface area contributed by atoms with E-state index in [0.717, 1.165) is 58.6 Å². The predicted molar refractivity (Wildman–Crippen MR) is 165 cm³/mol. The Morgan fingerprint density at radius 3 is 2.35 bits per heavy atom. The number of hydrogen-bond donors (Lipinski definition) is 1. The first kappa shape index (κ1) is 28.1. The summed E-state index contributed by atoms with van der Waals surface area (Å²) in [7, 11) is 0. The van der Waals surface area contributed by atoms with Crippen molar-refractivity contribution in [2.75, 3.05) is 0 Å². The van der Waals surface area contributed by atoms with Crippen LogP contribution in [-0.2, 0) is 19.4 Å². The summed E-state index contributed by atoms with van der Waals surface area (Å²) < 4.78 is 12.5. The number of rotatable bonds is 10. The molecule has 6 rings (SSSR count). The molecule has 6 aromatic rings. The molecule has 0 saturated heterocycles. The molecule has 1 N–H and O–H groups in total. The smallest absolute Gasteiger partial charge is 0.439 e. The van der Waals surface area contributed by atoms with Crippen LogP contribution >= 0.6 is 0 Å². The molecule has 0 aliphatic rings. The van der Waals surface area contributed by atoms with Crippen LogP contribution in [0.25, 0.3) is 33.6 Å². The molecule has 3 aromatic heterocycles. The van der Waals surface area contributed by atoms with E-state index in [0.29, 0.717) is 29.4 Å². The first-order chi connectivity index (χ1) is 20.9. The molecule has 0 bridgehead atoms. The van der Waals surface area contributed by atoms with Crippen molar-refractivity contribution in [2.24, 2.45) is 0 Å². The van der Waals surface area contributed by atoms with E-state index >= 15 is 0 Å². The SMILES string of the molecule is CCCCc1nc(C(C)C)c(Cc2nc3ccccc3o2)c(=O)n1Cc1ccc(-c2ccccc2-c2noc(=O)[nH]2)cc1. The number of fused-ring (bicyclic) bond motifs is 1. The fraction of sp³-hybridized carbons (Fsp3) is 0.265. The Bertz CT molecular complexity index is 1960. The third-order valence-corrected chi connectivity index (χ3v) is 7.57. The number of nitrogens with zero attached hydrogens (tertiary/aromatic N) is 4. The summed E-state index contributed by atoms with van der Waals surface area (Å²) >= 11 is 0. The molecule has 3 aromatic carbocycles. The molecule has 9 nitrogen and oxygen atoms in total. The maximum Gasteiger partial charge on any atom is 0.439 e. The molecule has 218 valence electrons. The van der Waals surface area contributed by atoms with Crippen LogP contribution in [0.1, 0.15) is 68.1 Å². The van der Waals surface area contributed by atoms with Crippen molar-refractivity contribution in [1.82, 2.24) is 24.7 Å². The fourth-order valence-electron chi connectivity index (χ4n) is 5.40. The van der Waals surface area contributed by atoms with Gasteiger partial charge in [-0.15, -0.1) is 0 Å². The highest BCUT2D eigenvalue weighted by Crippen LogP contribution is 2.30. The average molecular weight is 576 g/mol. The number of aromatic nitrogens is 5. The molecule has 43 heavy (non-hydrogen) atoms. The Hall–Kier alpha value is -5.05. The van der Waals surface area contributed by atoms with Crippen molar-refractivity contribution in [3.05, 3.63) is 122 Å². The highest BCUT2D eigenvalue weighted by molar-refractivity contribution is 5.80.